The summed E-state index contributed by atoms with van der Waals surface area (Å²) in [4.78, 5) is 17.4. The number of fused-ring (bicyclic) bond motifs is 1. The van der Waals surface area contributed by atoms with E-state index in [1.54, 1.807) is 15.6 Å². The molecule has 9 nitrogen and oxygen atoms in total. The smallest absolute Gasteiger partial charge is 0.266 e. The molecule has 4 N–H and O–H groups in total. The summed E-state index contributed by atoms with van der Waals surface area (Å²) in [5.74, 6) is 0.751. The molecule has 3 aromatic heterocycles. The number of anilines is 3. The lowest BCUT2D eigenvalue weighted by Gasteiger charge is -2.16. The number of aromatic amines is 1. The van der Waals surface area contributed by atoms with Gasteiger partial charge in [-0.25, -0.2) is 8.91 Å². The van der Waals surface area contributed by atoms with Crippen LogP contribution in [0.15, 0.2) is 24.4 Å². The van der Waals surface area contributed by atoms with Crippen LogP contribution in [0.2, 0.25) is 0 Å². The lowest BCUT2D eigenvalue weighted by atomic mass is 10.3. The van der Waals surface area contributed by atoms with Crippen LogP contribution in [0.4, 0.5) is 22.0 Å². The van der Waals surface area contributed by atoms with Crippen molar-refractivity contribution in [1.29, 1.82) is 0 Å². The van der Waals surface area contributed by atoms with Crippen LogP contribution in [0, 0.1) is 0 Å². The summed E-state index contributed by atoms with van der Waals surface area (Å²) in [5, 5.41) is 14.0. The van der Waals surface area contributed by atoms with E-state index in [4.69, 9.17) is 5.73 Å². The number of amides is 1. The summed E-state index contributed by atoms with van der Waals surface area (Å²) in [6.07, 6.45) is 1.39. The number of carbonyl (C=O) groups excluding carboxylic acids is 1. The molecular formula is C14H15FN8O. The number of halogens is 1. The second kappa shape index (κ2) is 5.48. The van der Waals surface area contributed by atoms with Crippen molar-refractivity contribution in [2.45, 2.75) is 12.6 Å². The van der Waals surface area contributed by atoms with Crippen LogP contribution in [0.1, 0.15) is 16.9 Å². The first-order chi connectivity index (χ1) is 11.6. The third-order valence-electron chi connectivity index (χ3n) is 3.88. The third-order valence-corrected chi connectivity index (χ3v) is 3.88. The Bertz CT molecular complexity index is 903. The molecule has 24 heavy (non-hydrogen) atoms. The topological polar surface area (TPSA) is 117 Å². The summed E-state index contributed by atoms with van der Waals surface area (Å²) >= 11 is 0. The number of hydrogen-bond donors (Lipinski definition) is 3. The van der Waals surface area contributed by atoms with Crippen LogP contribution >= 0.6 is 0 Å². The van der Waals surface area contributed by atoms with Crippen molar-refractivity contribution in [3.05, 3.63) is 30.1 Å². The van der Waals surface area contributed by atoms with E-state index in [9.17, 15) is 9.18 Å². The van der Waals surface area contributed by atoms with Gasteiger partial charge in [0, 0.05) is 18.8 Å². The van der Waals surface area contributed by atoms with Gasteiger partial charge in [0.25, 0.3) is 5.91 Å². The van der Waals surface area contributed by atoms with E-state index in [1.165, 1.54) is 6.07 Å². The predicted molar refractivity (Wildman–Crippen MR) is 85.1 cm³/mol. The zero-order valence-electron chi connectivity index (χ0n) is 12.6. The van der Waals surface area contributed by atoms with E-state index in [0.29, 0.717) is 30.5 Å². The normalized spacial score (nSPS) is 17.5. The summed E-state index contributed by atoms with van der Waals surface area (Å²) in [5.41, 5.74) is 6.13. The molecule has 3 aromatic rings. The molecule has 1 atom stereocenters. The molecule has 0 bridgehead atoms. The van der Waals surface area contributed by atoms with Gasteiger partial charge in [0.05, 0.1) is 6.54 Å². The number of primary amides is 1. The van der Waals surface area contributed by atoms with Crippen molar-refractivity contribution in [3.63, 3.8) is 0 Å². The van der Waals surface area contributed by atoms with E-state index in [2.05, 4.69) is 25.6 Å². The van der Waals surface area contributed by atoms with Crippen molar-refractivity contribution >= 4 is 29.0 Å². The number of nitrogens with one attached hydrogen (secondary N) is 2. The van der Waals surface area contributed by atoms with Crippen molar-refractivity contribution in [1.82, 2.24) is 24.8 Å². The van der Waals surface area contributed by atoms with Gasteiger partial charge in [-0.3, -0.25) is 9.89 Å². The average Bonchev–Trinajstić information content (AvgIpc) is 3.26. The molecule has 1 fully saturated rings. The van der Waals surface area contributed by atoms with Crippen LogP contribution in [-0.2, 0) is 0 Å². The second-order valence-corrected chi connectivity index (χ2v) is 5.59. The highest BCUT2D eigenvalue weighted by Gasteiger charge is 2.25. The summed E-state index contributed by atoms with van der Waals surface area (Å²) < 4.78 is 15.1. The number of carbonyl (C=O) groups is 1. The standard InChI is InChI=1S/C14H15FN8O/c15-8-3-5-22(7-8)14-18-13(10-2-1-4-23(10)21-14)17-11-6-9(12(16)24)19-20-11/h1-2,4,6,8H,3,5,7H2,(H2,16,24)(H2,17,18,19,20,21)/t8-/m1/s1. The van der Waals surface area contributed by atoms with Crippen LogP contribution in [0.25, 0.3) is 5.52 Å². The highest BCUT2D eigenvalue weighted by atomic mass is 19.1. The summed E-state index contributed by atoms with van der Waals surface area (Å²) in [6, 6.07) is 5.17. The van der Waals surface area contributed by atoms with Gasteiger partial charge in [-0.05, 0) is 18.6 Å². The molecule has 0 aliphatic carbocycles. The molecule has 1 aliphatic rings. The minimum Gasteiger partial charge on any atom is -0.364 e. The number of aromatic nitrogens is 5. The third kappa shape index (κ3) is 2.51. The van der Waals surface area contributed by atoms with Gasteiger partial charge in [-0.1, -0.05) is 0 Å². The van der Waals surface area contributed by atoms with Gasteiger partial charge < -0.3 is 16.0 Å². The lowest BCUT2D eigenvalue weighted by Crippen LogP contribution is -2.23. The van der Waals surface area contributed by atoms with Gasteiger partial charge in [0.2, 0.25) is 5.95 Å². The number of hydrogen-bond acceptors (Lipinski definition) is 6. The van der Waals surface area contributed by atoms with E-state index in [-0.39, 0.29) is 12.2 Å². The number of H-pyrrole nitrogens is 1. The lowest BCUT2D eigenvalue weighted by molar-refractivity contribution is 0.0995. The maximum atomic E-state index is 13.5. The van der Waals surface area contributed by atoms with E-state index in [1.807, 2.05) is 12.1 Å². The van der Waals surface area contributed by atoms with Gasteiger partial charge in [0.1, 0.15) is 17.4 Å². The number of nitrogens with two attached hydrogens (primary N) is 1. The quantitative estimate of drug-likeness (QED) is 0.652. The highest BCUT2D eigenvalue weighted by Crippen LogP contribution is 2.24. The van der Waals surface area contributed by atoms with Crippen molar-refractivity contribution in [3.8, 4) is 0 Å². The van der Waals surface area contributed by atoms with Crippen molar-refractivity contribution < 1.29 is 9.18 Å². The van der Waals surface area contributed by atoms with Gasteiger partial charge >= 0.3 is 0 Å². The van der Waals surface area contributed by atoms with Gasteiger partial charge in [0.15, 0.2) is 11.6 Å². The van der Waals surface area contributed by atoms with Crippen molar-refractivity contribution in [2.75, 3.05) is 23.3 Å². The Kier molecular flexibility index (Phi) is 3.29. The second-order valence-electron chi connectivity index (χ2n) is 5.59. The van der Waals surface area contributed by atoms with E-state index in [0.717, 1.165) is 5.52 Å². The van der Waals surface area contributed by atoms with Crippen LogP contribution in [0.5, 0.6) is 0 Å². The first-order valence-corrected chi connectivity index (χ1v) is 7.47. The molecule has 1 aliphatic heterocycles. The Morgan fingerprint density at radius 3 is 3.08 bits per heavy atom. The fourth-order valence-electron chi connectivity index (χ4n) is 2.68. The SMILES string of the molecule is NC(=O)c1cc(Nc2nc(N3CC[C@@H](F)C3)nn3cccc23)n[nH]1. The molecule has 124 valence electrons. The monoisotopic (exact) mass is 330 g/mol. The Hall–Kier alpha value is -3.17. The largest absolute Gasteiger partial charge is 0.364 e. The van der Waals surface area contributed by atoms with Gasteiger partial charge in [-0.15, -0.1) is 5.10 Å². The highest BCUT2D eigenvalue weighted by molar-refractivity contribution is 5.91. The Morgan fingerprint density at radius 2 is 2.38 bits per heavy atom. The molecule has 10 heteroatoms. The Morgan fingerprint density at radius 1 is 1.50 bits per heavy atom. The Labute approximate surface area is 135 Å². The molecule has 0 spiro atoms. The predicted octanol–water partition coefficient (Wildman–Crippen LogP) is 0.843. The minimum absolute atomic E-state index is 0.193. The first-order valence-electron chi connectivity index (χ1n) is 7.47. The summed E-state index contributed by atoms with van der Waals surface area (Å²) in [7, 11) is 0. The number of alkyl halides is 1. The maximum Gasteiger partial charge on any atom is 0.266 e. The minimum atomic E-state index is -0.866. The fourth-order valence-corrected chi connectivity index (χ4v) is 2.68. The Balaban J connectivity index is 1.70. The first kappa shape index (κ1) is 14.4. The average molecular weight is 330 g/mol. The van der Waals surface area contributed by atoms with Gasteiger partial charge in [-0.2, -0.15) is 10.1 Å². The number of rotatable bonds is 4. The molecule has 0 unspecified atom stereocenters. The maximum absolute atomic E-state index is 13.5. The summed E-state index contributed by atoms with van der Waals surface area (Å²) in [6.45, 7) is 0.849. The van der Waals surface area contributed by atoms with Crippen LogP contribution in [0.3, 0.4) is 0 Å². The molecule has 1 amide bonds. The zero-order valence-corrected chi connectivity index (χ0v) is 12.6. The zero-order chi connectivity index (χ0) is 16.7. The molecular weight excluding hydrogens is 315 g/mol. The number of nitrogens with zero attached hydrogens (tertiary/aromatic N) is 5. The molecule has 1 saturated heterocycles. The fraction of sp³-hybridized carbons (Fsp3) is 0.286. The molecule has 0 radical (unpaired) electrons. The molecule has 0 saturated carbocycles. The van der Waals surface area contributed by atoms with Crippen LogP contribution in [-0.4, -0.2) is 50.0 Å². The van der Waals surface area contributed by atoms with E-state index >= 15 is 0 Å². The van der Waals surface area contributed by atoms with Crippen molar-refractivity contribution in [2.24, 2.45) is 5.73 Å². The van der Waals surface area contributed by atoms with Crippen LogP contribution < -0.4 is 16.0 Å². The molecule has 0 aromatic carbocycles. The van der Waals surface area contributed by atoms with E-state index < -0.39 is 12.1 Å². The molecule has 4 rings (SSSR count). The molecule has 4 heterocycles.